The Hall–Kier alpha value is -2.90. The van der Waals surface area contributed by atoms with Crippen LogP contribution in [0.4, 0.5) is 11.5 Å². The number of aromatic nitrogens is 3. The third-order valence-electron chi connectivity index (χ3n) is 2.97. The van der Waals surface area contributed by atoms with E-state index in [0.717, 1.165) is 0 Å². The van der Waals surface area contributed by atoms with Crippen LogP contribution in [0.15, 0.2) is 30.5 Å². The van der Waals surface area contributed by atoms with Gasteiger partial charge in [0, 0.05) is 17.7 Å². The molecule has 0 aliphatic heterocycles. The minimum atomic E-state index is -0.259. The van der Waals surface area contributed by atoms with Gasteiger partial charge in [0.05, 0.1) is 13.3 Å². The molecule has 23 heavy (non-hydrogen) atoms. The zero-order chi connectivity index (χ0) is 16.8. The molecule has 0 unspecified atom stereocenters. The van der Waals surface area contributed by atoms with Crippen molar-refractivity contribution in [3.05, 3.63) is 30.5 Å². The second kappa shape index (κ2) is 7.39. The van der Waals surface area contributed by atoms with Gasteiger partial charge in [-0.3, -0.25) is 9.59 Å². The number of hydrogen-bond donors (Lipinski definition) is 2. The zero-order valence-corrected chi connectivity index (χ0v) is 13.2. The maximum absolute atomic E-state index is 12.0. The van der Waals surface area contributed by atoms with Crippen LogP contribution >= 0.6 is 0 Å². The number of nitrogens with one attached hydrogen (secondary N) is 2. The molecule has 8 nitrogen and oxygen atoms in total. The highest BCUT2D eigenvalue weighted by molar-refractivity contribution is 5.91. The van der Waals surface area contributed by atoms with E-state index >= 15 is 0 Å². The summed E-state index contributed by atoms with van der Waals surface area (Å²) in [5.74, 6) is 0.402. The van der Waals surface area contributed by atoms with Crippen LogP contribution in [-0.4, -0.2) is 33.9 Å². The fourth-order valence-corrected chi connectivity index (χ4v) is 1.75. The minimum Gasteiger partial charge on any atom is -0.497 e. The maximum Gasteiger partial charge on any atom is 0.246 e. The third kappa shape index (κ3) is 4.80. The zero-order valence-electron chi connectivity index (χ0n) is 13.2. The van der Waals surface area contributed by atoms with E-state index in [2.05, 4.69) is 20.9 Å². The quantitative estimate of drug-likeness (QED) is 0.841. The van der Waals surface area contributed by atoms with Crippen LogP contribution in [0.2, 0.25) is 0 Å². The Morgan fingerprint density at radius 2 is 2.09 bits per heavy atom. The van der Waals surface area contributed by atoms with Crippen molar-refractivity contribution in [3.63, 3.8) is 0 Å². The minimum absolute atomic E-state index is 0.0121. The van der Waals surface area contributed by atoms with Gasteiger partial charge < -0.3 is 15.4 Å². The molecule has 0 radical (unpaired) electrons. The van der Waals surface area contributed by atoms with E-state index in [1.54, 1.807) is 45.2 Å². The summed E-state index contributed by atoms with van der Waals surface area (Å²) in [5.41, 5.74) is 0.628. The van der Waals surface area contributed by atoms with Crippen molar-refractivity contribution in [1.29, 1.82) is 0 Å². The molecule has 1 heterocycles. The SMILES string of the molecule is COc1cccc(NC(=O)Cn2cc(NC(=O)C(C)C)nn2)c1. The average Bonchev–Trinajstić information content (AvgIpc) is 2.94. The van der Waals surface area contributed by atoms with Crippen molar-refractivity contribution in [2.75, 3.05) is 17.7 Å². The first-order valence-electron chi connectivity index (χ1n) is 7.13. The molecule has 0 spiro atoms. The maximum atomic E-state index is 12.0. The van der Waals surface area contributed by atoms with E-state index in [1.165, 1.54) is 10.9 Å². The Bertz CT molecular complexity index is 696. The van der Waals surface area contributed by atoms with Gasteiger partial charge in [0.2, 0.25) is 11.8 Å². The predicted octanol–water partition coefficient (Wildman–Crippen LogP) is 1.52. The summed E-state index contributed by atoms with van der Waals surface area (Å²) < 4.78 is 6.45. The van der Waals surface area contributed by atoms with Crippen LogP contribution in [0.25, 0.3) is 0 Å². The number of carbonyl (C=O) groups excluding carboxylic acids is 2. The van der Waals surface area contributed by atoms with Crippen LogP contribution in [0.5, 0.6) is 5.75 Å². The molecule has 0 aliphatic carbocycles. The van der Waals surface area contributed by atoms with Gasteiger partial charge in [0.25, 0.3) is 0 Å². The van der Waals surface area contributed by atoms with Crippen molar-refractivity contribution >= 4 is 23.3 Å². The summed E-state index contributed by atoms with van der Waals surface area (Å²) in [5, 5.41) is 13.0. The number of rotatable bonds is 6. The summed E-state index contributed by atoms with van der Waals surface area (Å²) >= 11 is 0. The van der Waals surface area contributed by atoms with Crippen LogP contribution < -0.4 is 15.4 Å². The lowest BCUT2D eigenvalue weighted by Crippen LogP contribution is -2.19. The standard InChI is InChI=1S/C15H19N5O3/c1-10(2)15(22)17-13-8-20(19-18-13)9-14(21)16-11-5-4-6-12(7-11)23-3/h4-8,10H,9H2,1-3H3,(H,16,21)(H,17,22). The lowest BCUT2D eigenvalue weighted by Gasteiger charge is -2.06. The lowest BCUT2D eigenvalue weighted by atomic mass is 10.2. The summed E-state index contributed by atoms with van der Waals surface area (Å²) in [6.07, 6.45) is 1.51. The molecule has 0 saturated heterocycles. The van der Waals surface area contributed by atoms with Crippen LogP contribution in [0.1, 0.15) is 13.8 Å². The number of methoxy groups -OCH3 is 1. The molecule has 1 aromatic heterocycles. The second-order valence-corrected chi connectivity index (χ2v) is 5.23. The van der Waals surface area contributed by atoms with Crippen LogP contribution in [0, 0.1) is 5.92 Å². The molecule has 2 aromatic rings. The van der Waals surface area contributed by atoms with Gasteiger partial charge in [-0.1, -0.05) is 25.1 Å². The molecular formula is C15H19N5O3. The Morgan fingerprint density at radius 3 is 2.78 bits per heavy atom. The first kappa shape index (κ1) is 16.5. The van der Waals surface area contributed by atoms with E-state index in [0.29, 0.717) is 17.3 Å². The van der Waals surface area contributed by atoms with E-state index in [9.17, 15) is 9.59 Å². The predicted molar refractivity (Wildman–Crippen MR) is 85.1 cm³/mol. The van der Waals surface area contributed by atoms with Gasteiger partial charge in [-0.15, -0.1) is 5.10 Å². The van der Waals surface area contributed by atoms with Crippen molar-refractivity contribution in [1.82, 2.24) is 15.0 Å². The number of benzene rings is 1. The Kier molecular flexibility index (Phi) is 5.29. The molecule has 0 fully saturated rings. The first-order chi connectivity index (χ1) is 11.0. The molecule has 2 N–H and O–H groups in total. The fraction of sp³-hybridized carbons (Fsp3) is 0.333. The summed E-state index contributed by atoms with van der Waals surface area (Å²) in [7, 11) is 1.56. The van der Waals surface area contributed by atoms with Gasteiger partial charge >= 0.3 is 0 Å². The summed E-state index contributed by atoms with van der Waals surface area (Å²) in [6, 6.07) is 7.05. The number of hydrogen-bond acceptors (Lipinski definition) is 5. The Labute approximate surface area is 133 Å². The molecule has 0 saturated carbocycles. The number of anilines is 2. The van der Waals surface area contributed by atoms with Crippen molar-refractivity contribution in [2.24, 2.45) is 5.92 Å². The monoisotopic (exact) mass is 317 g/mol. The topological polar surface area (TPSA) is 98.1 Å². The van der Waals surface area contributed by atoms with Crippen molar-refractivity contribution < 1.29 is 14.3 Å². The number of carbonyl (C=O) groups is 2. The highest BCUT2D eigenvalue weighted by Gasteiger charge is 2.11. The van der Waals surface area contributed by atoms with Crippen molar-refractivity contribution in [3.8, 4) is 5.75 Å². The molecular weight excluding hydrogens is 298 g/mol. The number of ether oxygens (including phenoxy) is 1. The Morgan fingerprint density at radius 1 is 1.30 bits per heavy atom. The molecule has 0 atom stereocenters. The van der Waals surface area contributed by atoms with E-state index in [4.69, 9.17) is 4.74 Å². The molecule has 1 aromatic carbocycles. The largest absolute Gasteiger partial charge is 0.497 e. The van der Waals surface area contributed by atoms with Crippen LogP contribution in [-0.2, 0) is 16.1 Å². The normalized spacial score (nSPS) is 10.4. The van der Waals surface area contributed by atoms with E-state index in [-0.39, 0.29) is 24.3 Å². The molecule has 2 amide bonds. The fourth-order valence-electron chi connectivity index (χ4n) is 1.75. The second-order valence-electron chi connectivity index (χ2n) is 5.23. The Balaban J connectivity index is 1.92. The van der Waals surface area contributed by atoms with Gasteiger partial charge in [-0.2, -0.15) is 0 Å². The molecule has 122 valence electrons. The van der Waals surface area contributed by atoms with E-state index < -0.39 is 0 Å². The number of nitrogens with zero attached hydrogens (tertiary/aromatic N) is 3. The van der Waals surface area contributed by atoms with Gasteiger partial charge in [0.1, 0.15) is 12.3 Å². The lowest BCUT2D eigenvalue weighted by molar-refractivity contribution is -0.119. The van der Waals surface area contributed by atoms with Gasteiger partial charge in [-0.05, 0) is 12.1 Å². The highest BCUT2D eigenvalue weighted by Crippen LogP contribution is 2.16. The average molecular weight is 317 g/mol. The third-order valence-corrected chi connectivity index (χ3v) is 2.97. The summed E-state index contributed by atoms with van der Waals surface area (Å²) in [6.45, 7) is 3.55. The molecule has 8 heteroatoms. The van der Waals surface area contributed by atoms with Crippen LogP contribution in [0.3, 0.4) is 0 Å². The first-order valence-corrected chi connectivity index (χ1v) is 7.13. The van der Waals surface area contributed by atoms with Crippen molar-refractivity contribution in [2.45, 2.75) is 20.4 Å². The highest BCUT2D eigenvalue weighted by atomic mass is 16.5. The smallest absolute Gasteiger partial charge is 0.246 e. The molecule has 0 bridgehead atoms. The van der Waals surface area contributed by atoms with Gasteiger partial charge in [-0.25, -0.2) is 4.68 Å². The molecule has 2 rings (SSSR count). The van der Waals surface area contributed by atoms with Gasteiger partial charge in [0.15, 0.2) is 5.82 Å². The molecule has 0 aliphatic rings. The summed E-state index contributed by atoms with van der Waals surface area (Å²) in [4.78, 5) is 23.6. The number of amides is 2. The van der Waals surface area contributed by atoms with E-state index in [1.807, 2.05) is 0 Å².